The van der Waals surface area contributed by atoms with E-state index in [1.165, 1.54) is 25.0 Å². The first-order valence-corrected chi connectivity index (χ1v) is 7.34. The molecule has 0 aromatic rings. The predicted octanol–water partition coefficient (Wildman–Crippen LogP) is 3.56. The molecule has 4 heteroatoms. The Hall–Kier alpha value is -1.58. The summed E-state index contributed by atoms with van der Waals surface area (Å²) in [4.78, 5) is 22.1. The summed E-state index contributed by atoms with van der Waals surface area (Å²) in [6.07, 6.45) is 5.18. The summed E-state index contributed by atoms with van der Waals surface area (Å²) >= 11 is 0. The van der Waals surface area contributed by atoms with Crippen LogP contribution in [0, 0.1) is 5.41 Å². The van der Waals surface area contributed by atoms with Crippen molar-refractivity contribution in [3.63, 3.8) is 0 Å². The van der Waals surface area contributed by atoms with Gasteiger partial charge in [0.15, 0.2) is 0 Å². The predicted molar refractivity (Wildman–Crippen MR) is 81.6 cm³/mol. The maximum Gasteiger partial charge on any atom is 0.303 e. The second-order valence-corrected chi connectivity index (χ2v) is 6.39. The van der Waals surface area contributed by atoms with E-state index in [-0.39, 0.29) is 29.6 Å². The van der Waals surface area contributed by atoms with Gasteiger partial charge in [0.1, 0.15) is 12.2 Å². The van der Waals surface area contributed by atoms with E-state index >= 15 is 0 Å². The molecule has 0 saturated carbocycles. The third-order valence-corrected chi connectivity index (χ3v) is 3.68. The number of hydrogen-bond acceptors (Lipinski definition) is 4. The molecule has 0 spiro atoms. The Morgan fingerprint density at radius 1 is 1.29 bits per heavy atom. The van der Waals surface area contributed by atoms with E-state index in [9.17, 15) is 9.59 Å². The van der Waals surface area contributed by atoms with Crippen molar-refractivity contribution in [2.45, 2.75) is 66.6 Å². The molecular formula is C17H26O4. The number of carbonyl (C=O) groups excluding carboxylic acids is 2. The van der Waals surface area contributed by atoms with Crippen LogP contribution in [0.3, 0.4) is 0 Å². The SMILES string of the molecule is CC(=O)OC(C)C=CC1=C(C)CC(OC(C)=O)CC1(C)C. The maximum absolute atomic E-state index is 11.1. The highest BCUT2D eigenvalue weighted by molar-refractivity contribution is 5.66. The molecule has 0 aliphatic heterocycles. The van der Waals surface area contributed by atoms with Crippen LogP contribution in [-0.4, -0.2) is 24.1 Å². The Balaban J connectivity index is 2.87. The number of esters is 2. The molecule has 21 heavy (non-hydrogen) atoms. The highest BCUT2D eigenvalue weighted by atomic mass is 16.5. The number of rotatable bonds is 4. The van der Waals surface area contributed by atoms with Gasteiger partial charge in [0, 0.05) is 20.3 Å². The molecule has 1 rings (SSSR count). The average Bonchev–Trinajstić information content (AvgIpc) is 2.24. The molecule has 0 aromatic heterocycles. The summed E-state index contributed by atoms with van der Waals surface area (Å²) in [5.74, 6) is -0.512. The molecule has 1 aliphatic carbocycles. The lowest BCUT2D eigenvalue weighted by atomic mass is 9.71. The topological polar surface area (TPSA) is 52.6 Å². The summed E-state index contributed by atoms with van der Waals surface area (Å²) in [6.45, 7) is 11.0. The van der Waals surface area contributed by atoms with Gasteiger partial charge in [-0.05, 0) is 37.3 Å². The van der Waals surface area contributed by atoms with Crippen molar-refractivity contribution in [3.05, 3.63) is 23.3 Å². The molecule has 0 heterocycles. The fourth-order valence-electron chi connectivity index (χ4n) is 3.00. The van der Waals surface area contributed by atoms with Crippen LogP contribution in [0.1, 0.15) is 54.4 Å². The molecule has 0 aromatic carbocycles. The van der Waals surface area contributed by atoms with Crippen molar-refractivity contribution in [2.24, 2.45) is 5.41 Å². The van der Waals surface area contributed by atoms with Gasteiger partial charge in [-0.2, -0.15) is 0 Å². The molecule has 0 radical (unpaired) electrons. The molecule has 0 amide bonds. The molecule has 0 bridgehead atoms. The van der Waals surface area contributed by atoms with Crippen LogP contribution in [0.2, 0.25) is 0 Å². The van der Waals surface area contributed by atoms with Gasteiger partial charge in [-0.1, -0.05) is 25.5 Å². The third-order valence-electron chi connectivity index (χ3n) is 3.68. The lowest BCUT2D eigenvalue weighted by Crippen LogP contribution is -2.31. The first-order chi connectivity index (χ1) is 9.61. The van der Waals surface area contributed by atoms with Gasteiger partial charge in [-0.15, -0.1) is 0 Å². The Labute approximate surface area is 127 Å². The van der Waals surface area contributed by atoms with E-state index in [0.717, 1.165) is 12.8 Å². The quantitative estimate of drug-likeness (QED) is 0.744. The third kappa shape index (κ3) is 5.37. The highest BCUT2D eigenvalue weighted by Gasteiger charge is 2.33. The van der Waals surface area contributed by atoms with Crippen molar-refractivity contribution >= 4 is 11.9 Å². The molecule has 2 atom stereocenters. The average molecular weight is 294 g/mol. The first-order valence-electron chi connectivity index (χ1n) is 7.34. The fourth-order valence-corrected chi connectivity index (χ4v) is 3.00. The zero-order valence-electron chi connectivity index (χ0n) is 13.9. The monoisotopic (exact) mass is 294 g/mol. The van der Waals surface area contributed by atoms with Gasteiger partial charge in [0.2, 0.25) is 0 Å². The summed E-state index contributed by atoms with van der Waals surface area (Å²) in [5, 5.41) is 0. The van der Waals surface area contributed by atoms with Crippen molar-refractivity contribution in [1.82, 2.24) is 0 Å². The molecule has 0 fully saturated rings. The second kappa shape index (κ2) is 6.92. The minimum Gasteiger partial charge on any atom is -0.462 e. The lowest BCUT2D eigenvalue weighted by Gasteiger charge is -2.37. The van der Waals surface area contributed by atoms with Crippen molar-refractivity contribution in [3.8, 4) is 0 Å². The van der Waals surface area contributed by atoms with Crippen LogP contribution in [0.15, 0.2) is 23.3 Å². The van der Waals surface area contributed by atoms with Gasteiger partial charge in [-0.25, -0.2) is 0 Å². The normalized spacial score (nSPS) is 23.0. The van der Waals surface area contributed by atoms with Crippen LogP contribution in [0.5, 0.6) is 0 Å². The second-order valence-electron chi connectivity index (χ2n) is 6.39. The van der Waals surface area contributed by atoms with Gasteiger partial charge < -0.3 is 9.47 Å². The van der Waals surface area contributed by atoms with Gasteiger partial charge in [0.05, 0.1) is 0 Å². The Morgan fingerprint density at radius 2 is 1.90 bits per heavy atom. The van der Waals surface area contributed by atoms with Gasteiger partial charge >= 0.3 is 11.9 Å². The molecule has 1 aliphatic rings. The number of ether oxygens (including phenoxy) is 2. The van der Waals surface area contributed by atoms with Crippen molar-refractivity contribution in [1.29, 1.82) is 0 Å². The van der Waals surface area contributed by atoms with Crippen LogP contribution in [0.25, 0.3) is 0 Å². The van der Waals surface area contributed by atoms with E-state index in [2.05, 4.69) is 20.8 Å². The minimum atomic E-state index is -0.282. The van der Waals surface area contributed by atoms with E-state index in [1.807, 2.05) is 19.1 Å². The minimum absolute atomic E-state index is 0.0551. The summed E-state index contributed by atoms with van der Waals surface area (Å²) in [5.41, 5.74) is 2.36. The van der Waals surface area contributed by atoms with Gasteiger partial charge in [-0.3, -0.25) is 9.59 Å². The summed E-state index contributed by atoms with van der Waals surface area (Å²) < 4.78 is 10.5. The summed E-state index contributed by atoms with van der Waals surface area (Å²) in [6, 6.07) is 0. The summed E-state index contributed by atoms with van der Waals surface area (Å²) in [7, 11) is 0. The Kier molecular flexibility index (Phi) is 5.76. The first kappa shape index (κ1) is 17.5. The molecule has 4 nitrogen and oxygen atoms in total. The molecule has 0 saturated heterocycles. The van der Waals surface area contributed by atoms with E-state index in [1.54, 1.807) is 0 Å². The smallest absolute Gasteiger partial charge is 0.303 e. The number of allylic oxidation sites excluding steroid dienone is 2. The number of hydrogen-bond donors (Lipinski definition) is 0. The van der Waals surface area contributed by atoms with Crippen LogP contribution >= 0.6 is 0 Å². The zero-order chi connectivity index (χ0) is 16.2. The highest BCUT2D eigenvalue weighted by Crippen LogP contribution is 2.42. The molecular weight excluding hydrogens is 268 g/mol. The van der Waals surface area contributed by atoms with Crippen LogP contribution in [0.4, 0.5) is 0 Å². The van der Waals surface area contributed by atoms with Crippen molar-refractivity contribution < 1.29 is 19.1 Å². The zero-order valence-corrected chi connectivity index (χ0v) is 13.9. The standard InChI is InChI=1S/C17H26O4/c1-11-9-15(21-14(4)19)10-17(5,6)16(11)8-7-12(2)20-13(3)18/h7-8,12,15H,9-10H2,1-6H3. The largest absolute Gasteiger partial charge is 0.462 e. The molecule has 0 N–H and O–H groups in total. The molecule has 2 unspecified atom stereocenters. The van der Waals surface area contributed by atoms with E-state index in [0.29, 0.717) is 0 Å². The van der Waals surface area contributed by atoms with Crippen LogP contribution < -0.4 is 0 Å². The van der Waals surface area contributed by atoms with Crippen LogP contribution in [-0.2, 0) is 19.1 Å². The van der Waals surface area contributed by atoms with E-state index < -0.39 is 0 Å². The fraction of sp³-hybridized carbons (Fsp3) is 0.647. The molecule has 118 valence electrons. The van der Waals surface area contributed by atoms with Gasteiger partial charge in [0.25, 0.3) is 0 Å². The lowest BCUT2D eigenvalue weighted by molar-refractivity contribution is -0.147. The maximum atomic E-state index is 11.1. The Bertz CT molecular complexity index is 471. The van der Waals surface area contributed by atoms with Crippen molar-refractivity contribution in [2.75, 3.05) is 0 Å². The van der Waals surface area contributed by atoms with E-state index in [4.69, 9.17) is 9.47 Å². The number of carbonyl (C=O) groups is 2. The Morgan fingerprint density at radius 3 is 2.38 bits per heavy atom.